The maximum atomic E-state index is 12.6. The zero-order valence-corrected chi connectivity index (χ0v) is 16.5. The van der Waals surface area contributed by atoms with E-state index in [1.54, 1.807) is 17.2 Å². The Balaban J connectivity index is 1.31. The van der Waals surface area contributed by atoms with E-state index in [9.17, 15) is 9.59 Å². The molecule has 2 aliphatic heterocycles. The summed E-state index contributed by atoms with van der Waals surface area (Å²) in [5.41, 5.74) is 2.72. The molecule has 8 nitrogen and oxygen atoms in total. The van der Waals surface area contributed by atoms with Crippen molar-refractivity contribution in [2.45, 2.75) is 39.2 Å². The molecule has 0 aliphatic carbocycles. The largest absolute Gasteiger partial charge is 0.311 e. The van der Waals surface area contributed by atoms with Crippen LogP contribution in [-0.2, 0) is 16.1 Å². The summed E-state index contributed by atoms with van der Waals surface area (Å²) < 4.78 is 1.86. The van der Waals surface area contributed by atoms with Gasteiger partial charge in [-0.1, -0.05) is 6.08 Å². The SMILES string of the molecule is Cc1cc2n(n1)CCCN2C(=O)CCC(=O)Nc1ccc(C2=NCCC=C2)cn1. The van der Waals surface area contributed by atoms with Gasteiger partial charge in [0.05, 0.1) is 11.4 Å². The lowest BCUT2D eigenvalue weighted by Gasteiger charge is -2.27. The summed E-state index contributed by atoms with van der Waals surface area (Å²) in [6.45, 7) is 4.18. The first-order chi connectivity index (χ1) is 14.1. The van der Waals surface area contributed by atoms with E-state index in [0.717, 1.165) is 48.7 Å². The Bertz CT molecular complexity index is 974. The van der Waals surface area contributed by atoms with Crippen molar-refractivity contribution in [3.63, 3.8) is 0 Å². The summed E-state index contributed by atoms with van der Waals surface area (Å²) >= 11 is 0. The number of fused-ring (bicyclic) bond motifs is 1. The van der Waals surface area contributed by atoms with Crippen LogP contribution in [0.2, 0.25) is 0 Å². The summed E-state index contributed by atoms with van der Waals surface area (Å²) in [5, 5.41) is 7.16. The van der Waals surface area contributed by atoms with Gasteiger partial charge in [-0.2, -0.15) is 5.10 Å². The number of carbonyl (C=O) groups is 2. The predicted octanol–water partition coefficient (Wildman–Crippen LogP) is 2.49. The van der Waals surface area contributed by atoms with E-state index in [1.807, 2.05) is 29.8 Å². The Morgan fingerprint density at radius 2 is 2.10 bits per heavy atom. The maximum absolute atomic E-state index is 12.6. The first-order valence-corrected chi connectivity index (χ1v) is 9.92. The number of amides is 2. The molecule has 4 rings (SSSR count). The Morgan fingerprint density at radius 3 is 2.86 bits per heavy atom. The lowest BCUT2D eigenvalue weighted by molar-refractivity contribution is -0.122. The molecule has 2 aliphatic rings. The molecule has 0 fully saturated rings. The third-order valence-corrected chi connectivity index (χ3v) is 4.96. The molecule has 29 heavy (non-hydrogen) atoms. The number of aryl methyl sites for hydroxylation is 2. The Hall–Kier alpha value is -3.29. The topological polar surface area (TPSA) is 92.5 Å². The normalized spacial score (nSPS) is 15.6. The van der Waals surface area contributed by atoms with Crippen LogP contribution in [0.15, 0.2) is 41.5 Å². The standard InChI is InChI=1S/C21H24N6O2/c1-15-13-20-26(11-4-12-27(20)25-15)21(29)9-8-19(28)24-18-7-6-16(14-23-18)17-5-2-3-10-22-17/h2,5-7,13-14H,3-4,8-12H2,1H3,(H,23,24,28). The minimum absolute atomic E-state index is 0.0635. The van der Waals surface area contributed by atoms with Crippen LogP contribution in [0.25, 0.3) is 0 Å². The first-order valence-electron chi connectivity index (χ1n) is 9.92. The summed E-state index contributed by atoms with van der Waals surface area (Å²) in [6.07, 6.45) is 7.86. The van der Waals surface area contributed by atoms with Crippen LogP contribution in [-0.4, -0.2) is 45.4 Å². The number of hydrogen-bond acceptors (Lipinski definition) is 5. The molecule has 0 spiro atoms. The van der Waals surface area contributed by atoms with Crippen molar-refractivity contribution in [2.75, 3.05) is 23.3 Å². The van der Waals surface area contributed by atoms with Crippen LogP contribution in [0.4, 0.5) is 11.6 Å². The molecular weight excluding hydrogens is 368 g/mol. The molecule has 2 amide bonds. The summed E-state index contributed by atoms with van der Waals surface area (Å²) in [7, 11) is 0. The highest BCUT2D eigenvalue weighted by Gasteiger charge is 2.24. The molecule has 150 valence electrons. The zero-order chi connectivity index (χ0) is 20.2. The van der Waals surface area contributed by atoms with E-state index in [0.29, 0.717) is 12.4 Å². The molecule has 0 bridgehead atoms. The van der Waals surface area contributed by atoms with Crippen LogP contribution in [0.1, 0.15) is 36.9 Å². The van der Waals surface area contributed by atoms with Gasteiger partial charge in [0.15, 0.2) is 0 Å². The maximum Gasteiger partial charge on any atom is 0.228 e. The summed E-state index contributed by atoms with van der Waals surface area (Å²) in [4.78, 5) is 35.3. The van der Waals surface area contributed by atoms with Gasteiger partial charge in [-0.15, -0.1) is 0 Å². The number of nitrogens with zero attached hydrogens (tertiary/aromatic N) is 5. The zero-order valence-electron chi connectivity index (χ0n) is 16.5. The van der Waals surface area contributed by atoms with Gasteiger partial charge < -0.3 is 5.32 Å². The van der Waals surface area contributed by atoms with E-state index < -0.39 is 0 Å². The van der Waals surface area contributed by atoms with Gasteiger partial charge in [-0.3, -0.25) is 19.5 Å². The fourth-order valence-electron chi connectivity index (χ4n) is 3.53. The Labute approximate surface area is 169 Å². The van der Waals surface area contributed by atoms with Crippen LogP contribution in [0.3, 0.4) is 0 Å². The third kappa shape index (κ3) is 4.42. The van der Waals surface area contributed by atoms with Gasteiger partial charge in [0.2, 0.25) is 11.8 Å². The van der Waals surface area contributed by atoms with Crippen LogP contribution < -0.4 is 10.2 Å². The highest BCUT2D eigenvalue weighted by atomic mass is 16.2. The third-order valence-electron chi connectivity index (χ3n) is 4.96. The quantitative estimate of drug-likeness (QED) is 0.846. The van der Waals surface area contributed by atoms with Crippen molar-refractivity contribution in [3.05, 3.63) is 47.8 Å². The Morgan fingerprint density at radius 1 is 1.21 bits per heavy atom. The van der Waals surface area contributed by atoms with Gasteiger partial charge in [0, 0.05) is 50.3 Å². The average molecular weight is 392 g/mol. The van der Waals surface area contributed by atoms with Gasteiger partial charge >= 0.3 is 0 Å². The van der Waals surface area contributed by atoms with E-state index in [2.05, 4.69) is 26.5 Å². The van der Waals surface area contributed by atoms with E-state index >= 15 is 0 Å². The van der Waals surface area contributed by atoms with Crippen LogP contribution >= 0.6 is 0 Å². The fourth-order valence-corrected chi connectivity index (χ4v) is 3.53. The number of rotatable bonds is 5. The predicted molar refractivity (Wildman–Crippen MR) is 111 cm³/mol. The second-order valence-electron chi connectivity index (χ2n) is 7.20. The second-order valence-corrected chi connectivity index (χ2v) is 7.20. The molecule has 0 saturated heterocycles. The monoisotopic (exact) mass is 392 g/mol. The molecule has 2 aromatic heterocycles. The van der Waals surface area contributed by atoms with Crippen molar-refractivity contribution >= 4 is 29.2 Å². The number of allylic oxidation sites excluding steroid dienone is 1. The highest BCUT2D eigenvalue weighted by Crippen LogP contribution is 2.22. The van der Waals surface area contributed by atoms with Crippen LogP contribution in [0, 0.1) is 6.92 Å². The molecule has 4 heterocycles. The molecule has 2 aromatic rings. The number of carbonyl (C=O) groups excluding carboxylic acids is 2. The van der Waals surface area contributed by atoms with Gasteiger partial charge in [-0.25, -0.2) is 9.67 Å². The van der Waals surface area contributed by atoms with Gasteiger partial charge in [0.25, 0.3) is 0 Å². The molecule has 0 radical (unpaired) electrons. The first kappa shape index (κ1) is 19.0. The van der Waals surface area contributed by atoms with Crippen molar-refractivity contribution in [1.29, 1.82) is 0 Å². The van der Waals surface area contributed by atoms with E-state index in [-0.39, 0.29) is 24.7 Å². The van der Waals surface area contributed by atoms with Crippen LogP contribution in [0.5, 0.6) is 0 Å². The number of hydrogen-bond donors (Lipinski definition) is 1. The average Bonchev–Trinajstić information content (AvgIpc) is 3.13. The van der Waals surface area contributed by atoms with Crippen molar-refractivity contribution in [2.24, 2.45) is 4.99 Å². The molecule has 0 aromatic carbocycles. The summed E-state index contributed by atoms with van der Waals surface area (Å²) in [5.74, 6) is 0.996. The number of aromatic nitrogens is 3. The minimum Gasteiger partial charge on any atom is -0.311 e. The highest BCUT2D eigenvalue weighted by molar-refractivity contribution is 6.09. The summed E-state index contributed by atoms with van der Waals surface area (Å²) in [6, 6.07) is 5.56. The lowest BCUT2D eigenvalue weighted by atomic mass is 10.1. The number of dihydropyridines is 1. The van der Waals surface area contributed by atoms with Crippen molar-refractivity contribution < 1.29 is 9.59 Å². The second kappa shape index (κ2) is 8.38. The van der Waals surface area contributed by atoms with E-state index in [4.69, 9.17) is 0 Å². The van der Waals surface area contributed by atoms with E-state index in [1.165, 1.54) is 0 Å². The van der Waals surface area contributed by atoms with Gasteiger partial charge in [-0.05, 0) is 38.0 Å². The van der Waals surface area contributed by atoms with Crippen molar-refractivity contribution in [1.82, 2.24) is 14.8 Å². The molecule has 8 heteroatoms. The molecule has 1 N–H and O–H groups in total. The molecule has 0 atom stereocenters. The number of aliphatic imine (C=N–C) groups is 1. The minimum atomic E-state index is -0.227. The molecular formula is C21H24N6O2. The lowest BCUT2D eigenvalue weighted by Crippen LogP contribution is -2.37. The van der Waals surface area contributed by atoms with Crippen molar-refractivity contribution in [3.8, 4) is 0 Å². The number of nitrogens with one attached hydrogen (secondary N) is 1. The molecule has 0 saturated carbocycles. The number of anilines is 2. The fraction of sp³-hybridized carbons (Fsp3) is 0.381. The Kier molecular flexibility index (Phi) is 5.50. The molecule has 0 unspecified atom stereocenters. The number of pyridine rings is 1. The smallest absolute Gasteiger partial charge is 0.228 e. The van der Waals surface area contributed by atoms with Gasteiger partial charge in [0.1, 0.15) is 11.6 Å².